The molecule has 2 amide bonds. The molecule has 0 unspecified atom stereocenters. The Morgan fingerprint density at radius 3 is 2.32 bits per heavy atom. The molecule has 0 heterocycles. The molecular weight excluding hydrogens is 356 g/mol. The van der Waals surface area contributed by atoms with Crippen molar-refractivity contribution in [1.82, 2.24) is 0 Å². The number of rotatable bonds is 8. The molecule has 6 heteroatoms. The third kappa shape index (κ3) is 5.94. The van der Waals surface area contributed by atoms with Crippen LogP contribution in [0.4, 0.5) is 11.4 Å². The predicted octanol–water partition coefficient (Wildman–Crippen LogP) is 4.26. The third-order valence-electron chi connectivity index (χ3n) is 4.14. The molecule has 0 saturated heterocycles. The van der Waals surface area contributed by atoms with Crippen LogP contribution in [0.25, 0.3) is 0 Å². The number of hydrogen-bond acceptors (Lipinski definition) is 4. The van der Waals surface area contributed by atoms with Gasteiger partial charge in [0.15, 0.2) is 5.78 Å². The molecule has 0 spiro atoms. The van der Waals surface area contributed by atoms with Gasteiger partial charge in [0, 0.05) is 25.3 Å². The Kier molecular flexibility index (Phi) is 7.32. The first kappa shape index (κ1) is 21.2. The van der Waals surface area contributed by atoms with E-state index < -0.39 is 0 Å². The fourth-order valence-electron chi connectivity index (χ4n) is 2.78. The molecule has 0 fully saturated rings. The van der Waals surface area contributed by atoms with E-state index in [1.54, 1.807) is 30.3 Å². The number of amides is 2. The Bertz CT molecular complexity index is 890. The van der Waals surface area contributed by atoms with Crippen molar-refractivity contribution < 1.29 is 19.1 Å². The molecule has 6 nitrogen and oxygen atoms in total. The highest BCUT2D eigenvalue weighted by Crippen LogP contribution is 2.24. The summed E-state index contributed by atoms with van der Waals surface area (Å²) in [5.74, 6) is 0.142. The molecule has 0 atom stereocenters. The van der Waals surface area contributed by atoms with Crippen LogP contribution in [0.15, 0.2) is 36.4 Å². The van der Waals surface area contributed by atoms with Gasteiger partial charge in [-0.05, 0) is 62.2 Å². The van der Waals surface area contributed by atoms with Crippen molar-refractivity contribution in [2.75, 3.05) is 17.2 Å². The number of aryl methyl sites for hydroxylation is 2. The Morgan fingerprint density at radius 2 is 1.68 bits per heavy atom. The van der Waals surface area contributed by atoms with Crippen molar-refractivity contribution >= 4 is 29.0 Å². The molecule has 2 rings (SSSR count). The van der Waals surface area contributed by atoms with E-state index >= 15 is 0 Å². The molecule has 2 aromatic carbocycles. The average Bonchev–Trinajstić information content (AvgIpc) is 2.63. The fraction of sp³-hybridized carbons (Fsp3) is 0.318. The van der Waals surface area contributed by atoms with Crippen molar-refractivity contribution in [3.8, 4) is 5.75 Å². The lowest BCUT2D eigenvalue weighted by Gasteiger charge is -2.12. The summed E-state index contributed by atoms with van der Waals surface area (Å²) in [5.41, 5.74) is 3.44. The standard InChI is InChI=1S/C22H26N2O4/c1-5-28-21-10-7-17(13-15(21)3)20(26)9-11-22(27)24-19-12-14(2)6-8-18(19)23-16(4)25/h6-8,10,12-13H,5,9,11H2,1-4H3,(H,23,25)(H,24,27). The van der Waals surface area contributed by atoms with E-state index in [9.17, 15) is 14.4 Å². The molecule has 28 heavy (non-hydrogen) atoms. The number of Topliss-reactive ketones (excluding diaryl/α,β-unsaturated/α-hetero) is 1. The number of hydrogen-bond donors (Lipinski definition) is 2. The lowest BCUT2D eigenvalue weighted by molar-refractivity contribution is -0.116. The van der Waals surface area contributed by atoms with Gasteiger partial charge >= 0.3 is 0 Å². The second-order valence-corrected chi connectivity index (χ2v) is 6.61. The van der Waals surface area contributed by atoms with Crippen LogP contribution in [0.2, 0.25) is 0 Å². The Morgan fingerprint density at radius 1 is 0.929 bits per heavy atom. The van der Waals surface area contributed by atoms with Gasteiger partial charge in [-0.25, -0.2) is 0 Å². The minimum atomic E-state index is -0.284. The molecule has 0 bridgehead atoms. The van der Waals surface area contributed by atoms with Crippen LogP contribution in [0.3, 0.4) is 0 Å². The molecule has 0 saturated carbocycles. The number of carbonyl (C=O) groups excluding carboxylic acids is 3. The van der Waals surface area contributed by atoms with Crippen molar-refractivity contribution in [2.24, 2.45) is 0 Å². The van der Waals surface area contributed by atoms with E-state index in [-0.39, 0.29) is 30.4 Å². The maximum absolute atomic E-state index is 12.4. The summed E-state index contributed by atoms with van der Waals surface area (Å²) >= 11 is 0. The first-order valence-corrected chi connectivity index (χ1v) is 9.25. The molecule has 0 aliphatic heterocycles. The molecule has 0 radical (unpaired) electrons. The first-order valence-electron chi connectivity index (χ1n) is 9.25. The van der Waals surface area contributed by atoms with Gasteiger partial charge in [-0.15, -0.1) is 0 Å². The van der Waals surface area contributed by atoms with Crippen molar-refractivity contribution in [3.05, 3.63) is 53.1 Å². The zero-order valence-electron chi connectivity index (χ0n) is 16.7. The SMILES string of the molecule is CCOc1ccc(C(=O)CCC(=O)Nc2cc(C)ccc2NC(C)=O)cc1C. The second-order valence-electron chi connectivity index (χ2n) is 6.61. The number of ketones is 1. The molecule has 148 valence electrons. The lowest BCUT2D eigenvalue weighted by atomic mass is 10.0. The number of anilines is 2. The van der Waals surface area contributed by atoms with Gasteiger partial charge in [0.2, 0.25) is 11.8 Å². The van der Waals surface area contributed by atoms with Gasteiger partial charge in [-0.2, -0.15) is 0 Å². The topological polar surface area (TPSA) is 84.5 Å². The lowest BCUT2D eigenvalue weighted by Crippen LogP contribution is -2.16. The van der Waals surface area contributed by atoms with E-state index in [4.69, 9.17) is 4.74 Å². The van der Waals surface area contributed by atoms with Crippen LogP contribution >= 0.6 is 0 Å². The smallest absolute Gasteiger partial charge is 0.224 e. The number of ether oxygens (including phenoxy) is 1. The minimum absolute atomic E-state index is 0.0541. The molecular formula is C22H26N2O4. The maximum Gasteiger partial charge on any atom is 0.224 e. The summed E-state index contributed by atoms with van der Waals surface area (Å²) in [6.07, 6.45) is 0.152. The zero-order chi connectivity index (χ0) is 20.7. The summed E-state index contributed by atoms with van der Waals surface area (Å²) in [6, 6.07) is 10.6. The minimum Gasteiger partial charge on any atom is -0.494 e. The van der Waals surface area contributed by atoms with Crippen LogP contribution in [0.1, 0.15) is 48.2 Å². The second kappa shape index (κ2) is 9.69. The summed E-state index contributed by atoms with van der Waals surface area (Å²) in [5, 5.41) is 5.46. The fourth-order valence-corrected chi connectivity index (χ4v) is 2.78. The summed E-state index contributed by atoms with van der Waals surface area (Å²) in [4.78, 5) is 36.0. The highest BCUT2D eigenvalue weighted by molar-refractivity contribution is 6.02. The summed E-state index contributed by atoms with van der Waals surface area (Å²) < 4.78 is 5.48. The van der Waals surface area contributed by atoms with E-state index in [0.717, 1.165) is 16.9 Å². The van der Waals surface area contributed by atoms with Crippen molar-refractivity contribution in [1.29, 1.82) is 0 Å². The number of carbonyl (C=O) groups is 3. The molecule has 0 aromatic heterocycles. The molecule has 0 aliphatic rings. The zero-order valence-corrected chi connectivity index (χ0v) is 16.7. The first-order chi connectivity index (χ1) is 13.3. The van der Waals surface area contributed by atoms with E-state index in [1.165, 1.54) is 6.92 Å². The van der Waals surface area contributed by atoms with Crippen LogP contribution < -0.4 is 15.4 Å². The van der Waals surface area contributed by atoms with Gasteiger partial charge in [-0.3, -0.25) is 14.4 Å². The van der Waals surface area contributed by atoms with Crippen molar-refractivity contribution in [3.63, 3.8) is 0 Å². The van der Waals surface area contributed by atoms with Crippen molar-refractivity contribution in [2.45, 2.75) is 40.5 Å². The van der Waals surface area contributed by atoms with Gasteiger partial charge in [0.1, 0.15) is 5.75 Å². The van der Waals surface area contributed by atoms with Crippen LogP contribution in [-0.2, 0) is 9.59 Å². The van der Waals surface area contributed by atoms with Crippen LogP contribution in [-0.4, -0.2) is 24.2 Å². The summed E-state index contributed by atoms with van der Waals surface area (Å²) in [6.45, 7) is 7.65. The number of benzene rings is 2. The van der Waals surface area contributed by atoms with Gasteiger partial charge < -0.3 is 15.4 Å². The van der Waals surface area contributed by atoms with Gasteiger partial charge in [0.25, 0.3) is 0 Å². The Balaban J connectivity index is 1.99. The van der Waals surface area contributed by atoms with E-state index in [0.29, 0.717) is 23.5 Å². The highest BCUT2D eigenvalue weighted by Gasteiger charge is 2.13. The van der Waals surface area contributed by atoms with Crippen LogP contribution in [0.5, 0.6) is 5.75 Å². The van der Waals surface area contributed by atoms with Gasteiger partial charge in [0.05, 0.1) is 18.0 Å². The molecule has 0 aliphatic carbocycles. The molecule has 2 aromatic rings. The van der Waals surface area contributed by atoms with E-state index in [1.807, 2.05) is 26.8 Å². The summed E-state index contributed by atoms with van der Waals surface area (Å²) in [7, 11) is 0. The predicted molar refractivity (Wildman–Crippen MR) is 110 cm³/mol. The molecule has 2 N–H and O–H groups in total. The highest BCUT2D eigenvalue weighted by atomic mass is 16.5. The quantitative estimate of drug-likeness (QED) is 0.668. The normalized spacial score (nSPS) is 10.3. The Hall–Kier alpha value is -3.15. The Labute approximate surface area is 165 Å². The van der Waals surface area contributed by atoms with Gasteiger partial charge in [-0.1, -0.05) is 6.07 Å². The maximum atomic E-state index is 12.4. The van der Waals surface area contributed by atoms with Crippen LogP contribution in [0, 0.1) is 13.8 Å². The largest absolute Gasteiger partial charge is 0.494 e. The monoisotopic (exact) mass is 382 g/mol. The number of nitrogens with one attached hydrogen (secondary N) is 2. The average molecular weight is 382 g/mol. The van der Waals surface area contributed by atoms with E-state index in [2.05, 4.69) is 10.6 Å². The third-order valence-corrected chi connectivity index (χ3v) is 4.14.